The molecule has 1 saturated heterocycles. The zero-order chi connectivity index (χ0) is 11.8. The molecule has 0 aromatic heterocycles. The fraction of sp³-hybridized carbons (Fsp3) is 0.300. The second-order valence-corrected chi connectivity index (χ2v) is 5.04. The molecule has 0 bridgehead atoms. The topological polar surface area (TPSA) is 74.7 Å². The Labute approximate surface area is 106 Å². The maximum absolute atomic E-state index is 11.4. The van der Waals surface area contributed by atoms with Crippen LogP contribution in [0, 0.1) is 0 Å². The minimum absolute atomic E-state index is 0. The first-order chi connectivity index (χ1) is 7.48. The highest BCUT2D eigenvalue weighted by Gasteiger charge is 2.22. The van der Waals surface area contributed by atoms with E-state index in [0.717, 1.165) is 6.42 Å². The molecular weight excluding hydrogens is 266 g/mol. The minimum atomic E-state index is -4.21. The summed E-state index contributed by atoms with van der Waals surface area (Å²) in [5, 5.41) is 0. The van der Waals surface area contributed by atoms with Gasteiger partial charge in [0.1, 0.15) is 0 Å². The molecule has 0 aliphatic carbocycles. The molecule has 2 rings (SSSR count). The molecule has 1 aromatic carbocycles. The van der Waals surface area contributed by atoms with Gasteiger partial charge in [-0.2, -0.15) is 8.42 Å². The Morgan fingerprint density at radius 2 is 2.00 bits per heavy atom. The maximum atomic E-state index is 11.4. The van der Waals surface area contributed by atoms with Gasteiger partial charge in [-0.15, -0.1) is 12.4 Å². The molecule has 1 aliphatic heterocycles. The molecule has 0 unspecified atom stereocenters. The van der Waals surface area contributed by atoms with Crippen molar-refractivity contribution in [3.8, 4) is 0 Å². The third-order valence-electron chi connectivity index (χ3n) is 2.50. The third-order valence-corrected chi connectivity index (χ3v) is 3.35. The SMILES string of the molecule is Cl.O=C1CCCN1c1cccc(S(=O)(=O)O)c1. The Hall–Kier alpha value is -1.11. The molecule has 0 saturated carbocycles. The Morgan fingerprint density at radius 1 is 1.29 bits per heavy atom. The molecule has 0 radical (unpaired) electrons. The molecule has 1 fully saturated rings. The van der Waals surface area contributed by atoms with E-state index in [1.807, 2.05) is 0 Å². The lowest BCUT2D eigenvalue weighted by atomic mass is 10.3. The second kappa shape index (κ2) is 5.03. The Morgan fingerprint density at radius 3 is 2.53 bits per heavy atom. The predicted molar refractivity (Wildman–Crippen MR) is 65.1 cm³/mol. The van der Waals surface area contributed by atoms with Crippen LogP contribution in [0.3, 0.4) is 0 Å². The molecule has 5 nitrogen and oxygen atoms in total. The van der Waals surface area contributed by atoms with E-state index in [2.05, 4.69) is 0 Å². The normalized spacial score (nSPS) is 15.8. The van der Waals surface area contributed by atoms with Crippen molar-refractivity contribution in [1.29, 1.82) is 0 Å². The highest BCUT2D eigenvalue weighted by atomic mass is 35.5. The van der Waals surface area contributed by atoms with Crippen LogP contribution in [0.1, 0.15) is 12.8 Å². The minimum Gasteiger partial charge on any atom is -0.312 e. The first kappa shape index (κ1) is 14.0. The fourth-order valence-electron chi connectivity index (χ4n) is 1.73. The maximum Gasteiger partial charge on any atom is 0.294 e. The van der Waals surface area contributed by atoms with Crippen LogP contribution >= 0.6 is 12.4 Å². The van der Waals surface area contributed by atoms with Gasteiger partial charge in [-0.05, 0) is 24.6 Å². The standard InChI is InChI=1S/C10H11NO4S.ClH/c12-10-5-2-6-11(10)8-3-1-4-9(7-8)16(13,14)15;/h1,3-4,7H,2,5-6H2,(H,13,14,15);1H. The van der Waals surface area contributed by atoms with Crippen molar-refractivity contribution < 1.29 is 17.8 Å². The van der Waals surface area contributed by atoms with E-state index in [0.29, 0.717) is 18.7 Å². The molecule has 94 valence electrons. The van der Waals surface area contributed by atoms with Gasteiger partial charge >= 0.3 is 0 Å². The summed E-state index contributed by atoms with van der Waals surface area (Å²) in [7, 11) is -4.21. The van der Waals surface area contributed by atoms with E-state index in [4.69, 9.17) is 4.55 Å². The van der Waals surface area contributed by atoms with Gasteiger partial charge in [0.15, 0.2) is 0 Å². The Balaban J connectivity index is 0.00000144. The monoisotopic (exact) mass is 277 g/mol. The number of rotatable bonds is 2. The number of hydrogen-bond acceptors (Lipinski definition) is 3. The zero-order valence-corrected chi connectivity index (χ0v) is 10.5. The van der Waals surface area contributed by atoms with Gasteiger partial charge in [0, 0.05) is 18.7 Å². The average Bonchev–Trinajstić information content (AvgIpc) is 2.63. The van der Waals surface area contributed by atoms with Crippen molar-refractivity contribution in [1.82, 2.24) is 0 Å². The van der Waals surface area contributed by atoms with E-state index in [1.54, 1.807) is 6.07 Å². The van der Waals surface area contributed by atoms with E-state index in [9.17, 15) is 13.2 Å². The van der Waals surface area contributed by atoms with Gasteiger partial charge in [-0.3, -0.25) is 9.35 Å². The molecule has 17 heavy (non-hydrogen) atoms. The highest BCUT2D eigenvalue weighted by Crippen LogP contribution is 2.23. The lowest BCUT2D eigenvalue weighted by Crippen LogP contribution is -2.23. The summed E-state index contributed by atoms with van der Waals surface area (Å²) < 4.78 is 30.8. The molecule has 7 heteroatoms. The van der Waals surface area contributed by atoms with Crippen LogP contribution in [-0.4, -0.2) is 25.4 Å². The van der Waals surface area contributed by atoms with Crippen LogP contribution < -0.4 is 4.90 Å². The lowest BCUT2D eigenvalue weighted by Gasteiger charge is -2.15. The van der Waals surface area contributed by atoms with Crippen molar-refractivity contribution in [2.24, 2.45) is 0 Å². The Kier molecular flexibility index (Phi) is 4.13. The summed E-state index contributed by atoms with van der Waals surface area (Å²) in [5.74, 6) is -0.0208. The van der Waals surface area contributed by atoms with Crippen molar-refractivity contribution in [3.63, 3.8) is 0 Å². The third kappa shape index (κ3) is 2.96. The largest absolute Gasteiger partial charge is 0.312 e. The number of carbonyl (C=O) groups excluding carboxylic acids is 1. The van der Waals surface area contributed by atoms with Gasteiger partial charge in [0.2, 0.25) is 5.91 Å². The van der Waals surface area contributed by atoms with Crippen molar-refractivity contribution in [3.05, 3.63) is 24.3 Å². The number of amides is 1. The van der Waals surface area contributed by atoms with E-state index >= 15 is 0 Å². The highest BCUT2D eigenvalue weighted by molar-refractivity contribution is 7.85. The smallest absolute Gasteiger partial charge is 0.294 e. The first-order valence-corrected chi connectivity index (χ1v) is 6.30. The van der Waals surface area contributed by atoms with Crippen molar-refractivity contribution in [2.75, 3.05) is 11.4 Å². The van der Waals surface area contributed by atoms with Gasteiger partial charge in [0.25, 0.3) is 10.1 Å². The molecule has 1 heterocycles. The van der Waals surface area contributed by atoms with Crippen molar-refractivity contribution >= 4 is 34.1 Å². The van der Waals surface area contributed by atoms with E-state index in [-0.39, 0.29) is 23.2 Å². The second-order valence-electron chi connectivity index (χ2n) is 3.62. The van der Waals surface area contributed by atoms with Crippen LogP contribution in [-0.2, 0) is 14.9 Å². The quantitative estimate of drug-likeness (QED) is 0.831. The first-order valence-electron chi connectivity index (χ1n) is 4.86. The molecule has 1 aliphatic rings. The number of carbonyl (C=O) groups is 1. The fourth-order valence-corrected chi connectivity index (χ4v) is 2.25. The molecule has 0 spiro atoms. The summed E-state index contributed by atoms with van der Waals surface area (Å²) in [6, 6.07) is 5.75. The Bertz CT molecular complexity index is 529. The predicted octanol–water partition coefficient (Wildman–Crippen LogP) is 1.48. The number of hydrogen-bond donors (Lipinski definition) is 1. The van der Waals surface area contributed by atoms with Gasteiger partial charge in [0.05, 0.1) is 4.90 Å². The van der Waals surface area contributed by atoms with Crippen LogP contribution in [0.15, 0.2) is 29.2 Å². The molecule has 1 amide bonds. The zero-order valence-electron chi connectivity index (χ0n) is 8.87. The molecule has 1 aromatic rings. The molecule has 1 N–H and O–H groups in total. The van der Waals surface area contributed by atoms with Gasteiger partial charge in [-0.1, -0.05) is 6.07 Å². The summed E-state index contributed by atoms with van der Waals surface area (Å²) in [4.78, 5) is 12.8. The summed E-state index contributed by atoms with van der Waals surface area (Å²) in [5.41, 5.74) is 0.512. The number of halogens is 1. The lowest BCUT2D eigenvalue weighted by molar-refractivity contribution is -0.117. The van der Waals surface area contributed by atoms with Gasteiger partial charge < -0.3 is 4.90 Å². The van der Waals surface area contributed by atoms with Crippen LogP contribution in [0.5, 0.6) is 0 Å². The van der Waals surface area contributed by atoms with Crippen LogP contribution in [0.4, 0.5) is 5.69 Å². The molecule has 0 atom stereocenters. The summed E-state index contributed by atoms with van der Waals surface area (Å²) >= 11 is 0. The number of benzene rings is 1. The van der Waals surface area contributed by atoms with Gasteiger partial charge in [-0.25, -0.2) is 0 Å². The average molecular weight is 278 g/mol. The number of nitrogens with zero attached hydrogens (tertiary/aromatic N) is 1. The number of anilines is 1. The molecular formula is C10H12ClNO4S. The van der Waals surface area contributed by atoms with E-state index in [1.165, 1.54) is 23.1 Å². The van der Waals surface area contributed by atoms with Crippen LogP contribution in [0.2, 0.25) is 0 Å². The van der Waals surface area contributed by atoms with E-state index < -0.39 is 10.1 Å². The van der Waals surface area contributed by atoms with Crippen molar-refractivity contribution in [2.45, 2.75) is 17.7 Å². The summed E-state index contributed by atoms with van der Waals surface area (Å²) in [6.45, 7) is 0.591. The summed E-state index contributed by atoms with van der Waals surface area (Å²) in [6.07, 6.45) is 1.25. The van der Waals surface area contributed by atoms with Crippen LogP contribution in [0.25, 0.3) is 0 Å².